The van der Waals surface area contributed by atoms with Crippen LogP contribution in [0.2, 0.25) is 38.3 Å². The van der Waals surface area contributed by atoms with E-state index in [0.29, 0.717) is 12.1 Å². The number of nitrogens with zero attached hydrogens (tertiary/aromatic N) is 1. The third-order valence-corrected chi connectivity index (χ3v) is 12.7. The predicted molar refractivity (Wildman–Crippen MR) is 112 cm³/mol. The fraction of sp³-hybridized carbons (Fsp3) is 0.944. The summed E-state index contributed by atoms with van der Waals surface area (Å²) in [6, 6.07) is 3.51. The summed E-state index contributed by atoms with van der Waals surface area (Å²) in [6.07, 6.45) is 1.17. The Morgan fingerprint density at radius 1 is 0.792 bits per heavy atom. The van der Waals surface area contributed by atoms with Gasteiger partial charge >= 0.3 is 16.8 Å². The molecular formula is C18H43CoN3Si2. The molecule has 24 heavy (non-hydrogen) atoms. The topological polar surface area (TPSA) is 38.2 Å². The van der Waals surface area contributed by atoms with E-state index in [2.05, 4.69) is 78.4 Å². The first-order chi connectivity index (χ1) is 9.62. The first-order valence-electron chi connectivity index (χ1n) is 8.91. The van der Waals surface area contributed by atoms with Gasteiger partial charge in [0.05, 0.1) is 0 Å². The molecule has 1 aliphatic rings. The van der Waals surface area contributed by atoms with Crippen LogP contribution in [0.5, 0.6) is 0 Å². The molecule has 1 fully saturated rings. The van der Waals surface area contributed by atoms with E-state index in [1.807, 2.05) is 0 Å². The van der Waals surface area contributed by atoms with Gasteiger partial charge in [0.25, 0.3) is 0 Å². The third-order valence-electron chi connectivity index (χ3n) is 4.34. The average molecular weight is 417 g/mol. The summed E-state index contributed by atoms with van der Waals surface area (Å²) in [5.41, 5.74) is 0.356. The van der Waals surface area contributed by atoms with E-state index in [1.54, 1.807) is 0 Å². The number of nitrogens with one attached hydrogen (secondary N) is 2. The van der Waals surface area contributed by atoms with Gasteiger partial charge in [-0.1, -0.05) is 54.7 Å². The van der Waals surface area contributed by atoms with Gasteiger partial charge in [-0.2, -0.15) is 0 Å². The molecule has 3 nitrogen and oxygen atoms in total. The van der Waals surface area contributed by atoms with Crippen molar-refractivity contribution in [1.29, 1.82) is 0 Å². The van der Waals surface area contributed by atoms with Crippen molar-refractivity contribution in [2.45, 2.75) is 109 Å². The van der Waals surface area contributed by atoms with Crippen molar-refractivity contribution in [2.75, 3.05) is 0 Å². The summed E-state index contributed by atoms with van der Waals surface area (Å²) in [5, 5.41) is 7.73. The second-order valence-corrected chi connectivity index (χ2v) is 19.0. The molecule has 0 bridgehead atoms. The summed E-state index contributed by atoms with van der Waals surface area (Å²) >= 11 is 0. The number of hydrogen-bond acceptors (Lipinski definition) is 2. The van der Waals surface area contributed by atoms with Gasteiger partial charge in [0, 0.05) is 23.2 Å². The second-order valence-electron chi connectivity index (χ2n) is 10.2. The smallest absolute Gasteiger partial charge is 0.667 e. The van der Waals surface area contributed by atoms with Crippen LogP contribution >= 0.6 is 0 Å². The molecular weight excluding hydrogens is 373 g/mol. The Hall–Kier alpha value is 0.820. The number of rotatable bonds is 0. The van der Waals surface area contributed by atoms with Crippen molar-refractivity contribution in [3.05, 3.63) is 12.1 Å². The van der Waals surface area contributed by atoms with E-state index in [1.165, 1.54) is 18.5 Å². The van der Waals surface area contributed by atoms with E-state index in [4.69, 9.17) is 4.65 Å². The van der Waals surface area contributed by atoms with Crippen molar-refractivity contribution in [3.63, 3.8) is 0 Å². The number of hydrogen-bond donors (Lipinski definition) is 2. The Morgan fingerprint density at radius 3 is 1.38 bits per heavy atom. The van der Waals surface area contributed by atoms with Crippen molar-refractivity contribution >= 4 is 16.5 Å². The van der Waals surface area contributed by atoms with Crippen LogP contribution in [0.1, 0.15) is 48.0 Å². The van der Waals surface area contributed by atoms with E-state index in [9.17, 15) is 0 Å². The van der Waals surface area contributed by atoms with Gasteiger partial charge in [0.15, 0.2) is 0 Å². The van der Waals surface area contributed by atoms with Crippen LogP contribution < -0.4 is 10.6 Å². The SMILES string of the molecule is CC1CC(C)NC(C)(C)C[Si](C)(C)[N-][Si](C)(C)CC(C)(C)N1.[CH3-].[Co+2]. The van der Waals surface area contributed by atoms with E-state index >= 15 is 0 Å². The van der Waals surface area contributed by atoms with Gasteiger partial charge in [0.1, 0.15) is 0 Å². The van der Waals surface area contributed by atoms with Crippen LogP contribution in [-0.2, 0) is 16.8 Å². The largest absolute Gasteiger partial charge is 2.00 e. The van der Waals surface area contributed by atoms with E-state index < -0.39 is 16.5 Å². The molecule has 2 atom stereocenters. The summed E-state index contributed by atoms with van der Waals surface area (Å²) in [7, 11) is -3.10. The van der Waals surface area contributed by atoms with Gasteiger partial charge in [-0.3, -0.25) is 0 Å². The van der Waals surface area contributed by atoms with Crippen molar-refractivity contribution < 1.29 is 16.8 Å². The minimum atomic E-state index is -1.55. The molecule has 0 aromatic heterocycles. The van der Waals surface area contributed by atoms with Gasteiger partial charge in [0.2, 0.25) is 0 Å². The summed E-state index contributed by atoms with van der Waals surface area (Å²) in [5.74, 6) is 0. The molecule has 0 aromatic rings. The van der Waals surface area contributed by atoms with Gasteiger partial charge in [-0.25, -0.2) is 0 Å². The van der Waals surface area contributed by atoms with Crippen molar-refractivity contribution in [2.24, 2.45) is 0 Å². The Labute approximate surface area is 165 Å². The van der Waals surface area contributed by atoms with Gasteiger partial charge in [-0.15, -0.1) is 0 Å². The minimum absolute atomic E-state index is 0. The maximum atomic E-state index is 5.51. The molecule has 147 valence electrons. The Kier molecular flexibility index (Phi) is 10.3. The zero-order chi connectivity index (χ0) is 17.4. The van der Waals surface area contributed by atoms with Gasteiger partial charge < -0.3 is 22.7 Å². The monoisotopic (exact) mass is 416 g/mol. The van der Waals surface area contributed by atoms with E-state index in [-0.39, 0.29) is 35.3 Å². The van der Waals surface area contributed by atoms with Crippen LogP contribution in [0, 0.1) is 7.43 Å². The zero-order valence-electron chi connectivity index (χ0n) is 18.1. The molecule has 1 rings (SSSR count). The quantitative estimate of drug-likeness (QED) is 0.424. The van der Waals surface area contributed by atoms with Crippen LogP contribution in [-0.4, -0.2) is 39.6 Å². The minimum Gasteiger partial charge on any atom is -0.667 e. The molecule has 1 saturated heterocycles. The predicted octanol–water partition coefficient (Wildman–Crippen LogP) is 5.14. The molecule has 2 unspecified atom stereocenters. The molecule has 0 spiro atoms. The molecule has 2 N–H and O–H groups in total. The fourth-order valence-corrected chi connectivity index (χ4v) is 16.9. The maximum absolute atomic E-state index is 5.51. The molecule has 0 amide bonds. The van der Waals surface area contributed by atoms with Crippen LogP contribution in [0.4, 0.5) is 0 Å². The first kappa shape index (κ1) is 27.0. The van der Waals surface area contributed by atoms with E-state index in [0.717, 1.165) is 0 Å². The van der Waals surface area contributed by atoms with Crippen molar-refractivity contribution in [3.8, 4) is 0 Å². The molecule has 0 aliphatic carbocycles. The van der Waals surface area contributed by atoms with Crippen LogP contribution in [0.15, 0.2) is 0 Å². The average Bonchev–Trinajstić information content (AvgIpc) is 2.03. The summed E-state index contributed by atoms with van der Waals surface area (Å²) in [4.78, 5) is 0. The Morgan fingerprint density at radius 2 is 1.08 bits per heavy atom. The normalized spacial score (nSPS) is 32.2. The first-order valence-corrected chi connectivity index (χ1v) is 15.2. The fourth-order valence-electron chi connectivity index (χ4n) is 5.15. The Balaban J connectivity index is 0. The molecule has 1 radical (unpaired) electrons. The Bertz CT molecular complexity index is 350. The van der Waals surface area contributed by atoms with Crippen molar-refractivity contribution in [1.82, 2.24) is 10.6 Å². The summed E-state index contributed by atoms with van der Waals surface area (Å²) in [6.45, 7) is 23.9. The summed E-state index contributed by atoms with van der Waals surface area (Å²) < 4.78 is 5.51. The molecule has 0 saturated carbocycles. The molecule has 1 heterocycles. The van der Waals surface area contributed by atoms with Crippen LogP contribution in [0.3, 0.4) is 0 Å². The third kappa shape index (κ3) is 10.1. The van der Waals surface area contributed by atoms with Gasteiger partial charge in [-0.05, 0) is 48.0 Å². The molecule has 6 heteroatoms. The second kappa shape index (κ2) is 9.15. The molecule has 1 aliphatic heterocycles. The standard InChI is InChI=1S/C17H40N3Si2.CH3.Co/c1-14-11-15(2)19-17(5,6)13-22(9,10)20-21(7,8)12-16(3,4)18-14;;/h14-15,18-19H,11-13H2,1-10H3;1H3;/q2*-1;+2. The van der Waals surface area contributed by atoms with Crippen LogP contribution in [0.25, 0.3) is 4.65 Å². The zero-order valence-corrected chi connectivity index (χ0v) is 21.1. The molecule has 0 aromatic carbocycles. The maximum Gasteiger partial charge on any atom is 2.00 e.